The topological polar surface area (TPSA) is 41.6 Å². The summed E-state index contributed by atoms with van der Waals surface area (Å²) in [6.07, 6.45) is 1.62. The van der Waals surface area contributed by atoms with Gasteiger partial charge in [-0.1, -0.05) is 37.3 Å². The van der Waals surface area contributed by atoms with Crippen molar-refractivity contribution in [2.75, 3.05) is 31.2 Å². The molecule has 0 saturated carbocycles. The molecule has 142 valence electrons. The quantitative estimate of drug-likeness (QED) is 0.882. The van der Waals surface area contributed by atoms with Crippen LogP contribution in [0.15, 0.2) is 48.5 Å². The van der Waals surface area contributed by atoms with Gasteiger partial charge in [0.25, 0.3) is 0 Å². The van der Waals surface area contributed by atoms with E-state index in [1.807, 2.05) is 35.2 Å². The van der Waals surface area contributed by atoms with Gasteiger partial charge in [-0.25, -0.2) is 9.18 Å². The predicted octanol–water partition coefficient (Wildman–Crippen LogP) is 4.21. The van der Waals surface area contributed by atoms with Gasteiger partial charge >= 0.3 is 6.03 Å². The average Bonchev–Trinajstić information content (AvgIpc) is 3.04. The molecular formula is C22H25FN2O2. The van der Waals surface area contributed by atoms with Crippen molar-refractivity contribution in [2.45, 2.75) is 31.1 Å². The van der Waals surface area contributed by atoms with Gasteiger partial charge in [-0.2, -0.15) is 0 Å². The molecule has 2 aliphatic heterocycles. The first kappa shape index (κ1) is 18.0. The van der Waals surface area contributed by atoms with E-state index in [4.69, 9.17) is 4.74 Å². The van der Waals surface area contributed by atoms with Gasteiger partial charge in [0.15, 0.2) is 0 Å². The summed E-state index contributed by atoms with van der Waals surface area (Å²) in [6, 6.07) is 14.7. The number of hydrogen-bond acceptors (Lipinski definition) is 2. The minimum absolute atomic E-state index is 0.0696. The Morgan fingerprint density at radius 1 is 1.19 bits per heavy atom. The fourth-order valence-corrected chi connectivity index (χ4v) is 4.29. The molecule has 2 aromatic carbocycles. The van der Waals surface area contributed by atoms with Crippen molar-refractivity contribution >= 4 is 11.7 Å². The number of fused-ring (bicyclic) bond motifs is 1. The molecular weight excluding hydrogens is 343 g/mol. The van der Waals surface area contributed by atoms with Gasteiger partial charge < -0.3 is 10.1 Å². The number of urea groups is 1. The standard InChI is InChI=1S/C22H25FN2O2/c1-16-14-25(20-5-3-2-4-19(16)20)21(26)24-15-22(10-12-27-13-11-22)17-6-8-18(23)9-7-17/h2-9,16H,10-15H2,1H3,(H,24,26). The summed E-state index contributed by atoms with van der Waals surface area (Å²) < 4.78 is 18.9. The first-order valence-electron chi connectivity index (χ1n) is 9.57. The molecule has 1 unspecified atom stereocenters. The van der Waals surface area contributed by atoms with E-state index < -0.39 is 0 Å². The summed E-state index contributed by atoms with van der Waals surface area (Å²) >= 11 is 0. The van der Waals surface area contributed by atoms with E-state index in [2.05, 4.69) is 18.3 Å². The fraction of sp³-hybridized carbons (Fsp3) is 0.409. The normalized spacial score (nSPS) is 21.0. The summed E-state index contributed by atoms with van der Waals surface area (Å²) in [4.78, 5) is 14.8. The molecule has 4 rings (SSSR count). The summed E-state index contributed by atoms with van der Waals surface area (Å²) in [6.45, 7) is 4.66. The van der Waals surface area contributed by atoms with Crippen LogP contribution in [0.3, 0.4) is 0 Å². The Kier molecular flexibility index (Phi) is 4.87. The highest BCUT2D eigenvalue weighted by Crippen LogP contribution is 2.37. The second kappa shape index (κ2) is 7.31. The number of ether oxygens (including phenoxy) is 1. The van der Waals surface area contributed by atoms with Crippen LogP contribution in [0.1, 0.15) is 36.8 Å². The number of amides is 2. The van der Waals surface area contributed by atoms with Crippen molar-refractivity contribution < 1.29 is 13.9 Å². The van der Waals surface area contributed by atoms with Gasteiger partial charge in [-0.15, -0.1) is 0 Å². The Bertz CT molecular complexity index is 815. The number of hydrogen-bond donors (Lipinski definition) is 1. The molecule has 2 amide bonds. The minimum Gasteiger partial charge on any atom is -0.381 e. The number of nitrogens with one attached hydrogen (secondary N) is 1. The largest absolute Gasteiger partial charge is 0.381 e. The highest BCUT2D eigenvalue weighted by molar-refractivity contribution is 5.94. The SMILES string of the molecule is CC1CN(C(=O)NCC2(c3ccc(F)cc3)CCOCC2)c2ccccc21. The predicted molar refractivity (Wildman–Crippen MR) is 104 cm³/mol. The zero-order valence-electron chi connectivity index (χ0n) is 15.6. The molecule has 2 heterocycles. The maximum Gasteiger partial charge on any atom is 0.321 e. The van der Waals surface area contributed by atoms with Crippen molar-refractivity contribution in [1.29, 1.82) is 0 Å². The van der Waals surface area contributed by atoms with Crippen LogP contribution in [-0.2, 0) is 10.2 Å². The minimum atomic E-state index is -0.243. The Hall–Kier alpha value is -2.40. The molecule has 2 aromatic rings. The lowest BCUT2D eigenvalue weighted by Crippen LogP contribution is -2.48. The van der Waals surface area contributed by atoms with Gasteiger partial charge in [-0.3, -0.25) is 4.90 Å². The molecule has 0 radical (unpaired) electrons. The van der Waals surface area contributed by atoms with Crippen LogP contribution >= 0.6 is 0 Å². The lowest BCUT2D eigenvalue weighted by molar-refractivity contribution is 0.0507. The van der Waals surface area contributed by atoms with Crippen molar-refractivity contribution in [3.8, 4) is 0 Å². The molecule has 1 fully saturated rings. The molecule has 1 saturated heterocycles. The molecule has 4 nitrogen and oxygen atoms in total. The number of benzene rings is 2. The molecule has 5 heteroatoms. The Labute approximate surface area is 159 Å². The summed E-state index contributed by atoms with van der Waals surface area (Å²) in [5.74, 6) is 0.0914. The number of para-hydroxylation sites is 1. The second-order valence-electron chi connectivity index (χ2n) is 7.63. The highest BCUT2D eigenvalue weighted by Gasteiger charge is 2.36. The zero-order valence-corrected chi connectivity index (χ0v) is 15.6. The summed E-state index contributed by atoms with van der Waals surface area (Å²) in [5.41, 5.74) is 3.05. The number of carbonyl (C=O) groups is 1. The third-order valence-electron chi connectivity index (χ3n) is 5.94. The van der Waals surface area contributed by atoms with Crippen LogP contribution in [0.4, 0.5) is 14.9 Å². The monoisotopic (exact) mass is 368 g/mol. The number of halogens is 1. The smallest absolute Gasteiger partial charge is 0.321 e. The van der Waals surface area contributed by atoms with E-state index in [0.717, 1.165) is 24.1 Å². The Balaban J connectivity index is 1.52. The first-order valence-corrected chi connectivity index (χ1v) is 9.57. The van der Waals surface area contributed by atoms with Gasteiger partial charge in [0.1, 0.15) is 5.82 Å². The van der Waals surface area contributed by atoms with Crippen molar-refractivity contribution in [2.24, 2.45) is 0 Å². The molecule has 0 spiro atoms. The van der Waals surface area contributed by atoms with Gasteiger partial charge in [0.2, 0.25) is 0 Å². The maximum atomic E-state index is 13.4. The van der Waals surface area contributed by atoms with Crippen molar-refractivity contribution in [3.05, 3.63) is 65.5 Å². The van der Waals surface area contributed by atoms with Crippen LogP contribution in [-0.4, -0.2) is 32.3 Å². The van der Waals surface area contributed by atoms with E-state index in [9.17, 15) is 9.18 Å². The molecule has 0 aromatic heterocycles. The number of anilines is 1. The van der Waals surface area contributed by atoms with Crippen LogP contribution in [0.25, 0.3) is 0 Å². The lowest BCUT2D eigenvalue weighted by Gasteiger charge is -2.38. The van der Waals surface area contributed by atoms with Crippen LogP contribution in [0.2, 0.25) is 0 Å². The zero-order chi connectivity index (χ0) is 18.9. The molecule has 2 aliphatic rings. The highest BCUT2D eigenvalue weighted by atomic mass is 19.1. The molecule has 1 atom stereocenters. The summed E-state index contributed by atoms with van der Waals surface area (Å²) in [5, 5.41) is 3.15. The van der Waals surface area contributed by atoms with E-state index in [1.165, 1.54) is 17.7 Å². The molecule has 27 heavy (non-hydrogen) atoms. The van der Waals surface area contributed by atoms with Gasteiger partial charge in [0.05, 0.1) is 0 Å². The molecule has 1 N–H and O–H groups in total. The fourth-order valence-electron chi connectivity index (χ4n) is 4.29. The first-order chi connectivity index (χ1) is 13.1. The van der Waals surface area contributed by atoms with Gasteiger partial charge in [-0.05, 0) is 42.2 Å². The van der Waals surface area contributed by atoms with Crippen molar-refractivity contribution in [3.63, 3.8) is 0 Å². The third kappa shape index (κ3) is 3.44. The Morgan fingerprint density at radius 2 is 1.89 bits per heavy atom. The third-order valence-corrected chi connectivity index (χ3v) is 5.94. The average molecular weight is 368 g/mol. The summed E-state index contributed by atoms with van der Waals surface area (Å²) in [7, 11) is 0. The van der Waals surface area contributed by atoms with Gasteiger partial charge in [0, 0.05) is 43.3 Å². The maximum absolute atomic E-state index is 13.4. The van der Waals surface area contributed by atoms with E-state index >= 15 is 0 Å². The Morgan fingerprint density at radius 3 is 2.63 bits per heavy atom. The van der Waals surface area contributed by atoms with Crippen LogP contribution < -0.4 is 10.2 Å². The molecule has 0 aliphatic carbocycles. The number of carbonyl (C=O) groups excluding carboxylic acids is 1. The van der Waals surface area contributed by atoms with Crippen LogP contribution in [0.5, 0.6) is 0 Å². The lowest BCUT2D eigenvalue weighted by atomic mass is 9.74. The van der Waals surface area contributed by atoms with Crippen molar-refractivity contribution in [1.82, 2.24) is 5.32 Å². The number of rotatable bonds is 3. The van der Waals surface area contributed by atoms with Crippen LogP contribution in [0, 0.1) is 5.82 Å². The van der Waals surface area contributed by atoms with E-state index in [-0.39, 0.29) is 17.3 Å². The second-order valence-corrected chi connectivity index (χ2v) is 7.63. The molecule has 0 bridgehead atoms. The van der Waals surface area contributed by atoms with E-state index in [1.54, 1.807) is 0 Å². The van der Waals surface area contributed by atoms with E-state index in [0.29, 0.717) is 32.2 Å². The number of nitrogens with zero attached hydrogens (tertiary/aromatic N) is 1.